The molecule has 31 heavy (non-hydrogen) atoms. The number of likely N-dealkylation sites (N-methyl/N-ethyl adjacent to an activating group) is 1. The Labute approximate surface area is 183 Å². The highest BCUT2D eigenvalue weighted by atomic mass is 32.2. The number of hydrogen-bond acceptors (Lipinski definition) is 7. The number of aliphatic carboxylic acids is 1. The van der Waals surface area contributed by atoms with E-state index in [-0.39, 0.29) is 11.3 Å². The van der Waals surface area contributed by atoms with Crippen LogP contribution in [0.4, 0.5) is 17.1 Å². The predicted octanol–water partition coefficient (Wildman–Crippen LogP) is 3.37. The molecule has 168 valence electrons. The molecule has 0 amide bonds. The highest BCUT2D eigenvalue weighted by Crippen LogP contribution is 2.24. The van der Waals surface area contributed by atoms with E-state index in [0.29, 0.717) is 30.8 Å². The number of rotatable bonds is 11. The second-order valence-corrected chi connectivity index (χ2v) is 9.26. The molecule has 2 aromatic carbocycles. The first kappa shape index (κ1) is 24.4. The number of carboxylic acid groups (broad SMARTS) is 1. The zero-order valence-corrected chi connectivity index (χ0v) is 18.8. The Kier molecular flexibility index (Phi) is 8.66. The van der Waals surface area contributed by atoms with Gasteiger partial charge in [0.1, 0.15) is 6.04 Å². The molecule has 1 unspecified atom stereocenters. The number of unbranched alkanes of at least 4 members (excludes halogenated alkanes) is 1. The average molecular weight is 448 g/mol. The molecule has 0 aliphatic rings. The van der Waals surface area contributed by atoms with Gasteiger partial charge in [0.2, 0.25) is 10.0 Å². The van der Waals surface area contributed by atoms with E-state index in [0.717, 1.165) is 9.99 Å². The van der Waals surface area contributed by atoms with Crippen LogP contribution in [-0.2, 0) is 14.8 Å². The minimum Gasteiger partial charge on any atom is -0.480 e. The molecule has 0 aliphatic heterocycles. The first-order valence-electron chi connectivity index (χ1n) is 9.87. The fraction of sp³-hybridized carbons (Fsp3) is 0.381. The van der Waals surface area contributed by atoms with Crippen LogP contribution in [0, 0.1) is 0 Å². The summed E-state index contributed by atoms with van der Waals surface area (Å²) in [6.07, 6.45) is 1.36. The fourth-order valence-electron chi connectivity index (χ4n) is 2.89. The second-order valence-electron chi connectivity index (χ2n) is 7.26. The number of hydrogen-bond donors (Lipinski definition) is 2. The van der Waals surface area contributed by atoms with Crippen molar-refractivity contribution in [3.05, 3.63) is 48.5 Å². The van der Waals surface area contributed by atoms with Crippen molar-refractivity contribution in [1.82, 2.24) is 4.31 Å². The molecular formula is C21H29N5O4S. The van der Waals surface area contributed by atoms with E-state index in [2.05, 4.69) is 10.2 Å². The zero-order valence-electron chi connectivity index (χ0n) is 18.0. The van der Waals surface area contributed by atoms with E-state index in [9.17, 15) is 18.3 Å². The maximum Gasteiger partial charge on any atom is 0.322 e. The Hall–Kier alpha value is -2.82. The van der Waals surface area contributed by atoms with Gasteiger partial charge in [0.25, 0.3) is 0 Å². The molecule has 2 aromatic rings. The quantitative estimate of drug-likeness (QED) is 0.401. The Bertz CT molecular complexity index is 989. The zero-order chi connectivity index (χ0) is 23.0. The molecule has 0 fully saturated rings. The van der Waals surface area contributed by atoms with Crippen LogP contribution in [0.5, 0.6) is 0 Å². The normalized spacial score (nSPS) is 12.9. The number of benzene rings is 2. The standard InChI is InChI=1S/C21H29N5O4S/c1-25(2)18-11-7-16(8-12-18)23-24-17-9-13-19(14-10-17)31(29,30)26(3)20(21(27)28)6-4-5-15-22/h7-14,20H,4-6,15,22H2,1-3H3,(H,27,28). The highest BCUT2D eigenvalue weighted by Gasteiger charge is 2.32. The Balaban J connectivity index is 2.13. The maximum atomic E-state index is 12.9. The van der Waals surface area contributed by atoms with E-state index in [4.69, 9.17) is 5.73 Å². The smallest absolute Gasteiger partial charge is 0.322 e. The van der Waals surface area contributed by atoms with Crippen molar-refractivity contribution in [2.45, 2.75) is 30.2 Å². The van der Waals surface area contributed by atoms with Crippen molar-refractivity contribution >= 4 is 33.1 Å². The SMILES string of the molecule is CN(C)c1ccc(N=Nc2ccc(S(=O)(=O)N(C)C(CCCCN)C(=O)O)cc2)cc1. The van der Waals surface area contributed by atoms with E-state index in [1.54, 1.807) is 0 Å². The minimum atomic E-state index is -3.97. The molecule has 0 heterocycles. The first-order valence-corrected chi connectivity index (χ1v) is 11.3. The summed E-state index contributed by atoms with van der Waals surface area (Å²) < 4.78 is 26.6. The van der Waals surface area contributed by atoms with Crippen molar-refractivity contribution in [2.24, 2.45) is 16.0 Å². The van der Waals surface area contributed by atoms with Crippen molar-refractivity contribution in [1.29, 1.82) is 0 Å². The number of carboxylic acids is 1. The summed E-state index contributed by atoms with van der Waals surface area (Å²) >= 11 is 0. The third-order valence-corrected chi connectivity index (χ3v) is 6.70. The van der Waals surface area contributed by atoms with Gasteiger partial charge >= 0.3 is 5.97 Å². The van der Waals surface area contributed by atoms with Crippen LogP contribution < -0.4 is 10.6 Å². The maximum absolute atomic E-state index is 12.9. The van der Waals surface area contributed by atoms with E-state index in [1.807, 2.05) is 43.3 Å². The number of azo groups is 1. The van der Waals surface area contributed by atoms with Crippen LogP contribution in [0.15, 0.2) is 63.7 Å². The topological polar surface area (TPSA) is 129 Å². The van der Waals surface area contributed by atoms with Gasteiger partial charge in [0.05, 0.1) is 16.3 Å². The largest absolute Gasteiger partial charge is 0.480 e. The number of carbonyl (C=O) groups is 1. The molecule has 10 heteroatoms. The molecule has 0 spiro atoms. The molecule has 0 saturated carbocycles. The summed E-state index contributed by atoms with van der Waals surface area (Å²) in [5.74, 6) is -1.19. The Morgan fingerprint density at radius 3 is 1.94 bits per heavy atom. The fourth-order valence-corrected chi connectivity index (χ4v) is 4.24. The van der Waals surface area contributed by atoms with Crippen molar-refractivity contribution in [3.8, 4) is 0 Å². The number of anilines is 1. The van der Waals surface area contributed by atoms with Gasteiger partial charge in [-0.05, 0) is 74.3 Å². The summed E-state index contributed by atoms with van der Waals surface area (Å²) in [6, 6.07) is 12.2. The Morgan fingerprint density at radius 1 is 0.968 bits per heavy atom. The summed E-state index contributed by atoms with van der Waals surface area (Å²) in [5, 5.41) is 17.7. The van der Waals surface area contributed by atoms with Gasteiger partial charge in [0, 0.05) is 26.8 Å². The summed E-state index contributed by atoms with van der Waals surface area (Å²) in [6.45, 7) is 0.429. The molecule has 0 bridgehead atoms. The van der Waals surface area contributed by atoms with Crippen LogP contribution in [0.3, 0.4) is 0 Å². The van der Waals surface area contributed by atoms with E-state index in [1.165, 1.54) is 31.3 Å². The van der Waals surface area contributed by atoms with Gasteiger partial charge in [-0.2, -0.15) is 14.5 Å². The third kappa shape index (κ3) is 6.58. The third-order valence-electron chi connectivity index (χ3n) is 4.82. The van der Waals surface area contributed by atoms with Gasteiger partial charge in [-0.3, -0.25) is 4.79 Å². The molecule has 3 N–H and O–H groups in total. The molecule has 2 rings (SSSR count). The average Bonchev–Trinajstić information content (AvgIpc) is 2.75. The first-order chi connectivity index (χ1) is 14.7. The second kappa shape index (κ2) is 11.0. The molecule has 1 atom stereocenters. The molecule has 0 aliphatic carbocycles. The van der Waals surface area contributed by atoms with E-state index < -0.39 is 22.0 Å². The molecule has 0 aromatic heterocycles. The van der Waals surface area contributed by atoms with Crippen LogP contribution >= 0.6 is 0 Å². The van der Waals surface area contributed by atoms with E-state index >= 15 is 0 Å². The van der Waals surface area contributed by atoms with Gasteiger partial charge in [0.15, 0.2) is 0 Å². The minimum absolute atomic E-state index is 0.00522. The summed E-state index contributed by atoms with van der Waals surface area (Å²) in [5.41, 5.74) is 7.64. The lowest BCUT2D eigenvalue weighted by Gasteiger charge is -2.24. The monoisotopic (exact) mass is 447 g/mol. The number of nitrogens with two attached hydrogens (primary N) is 1. The Morgan fingerprint density at radius 2 is 1.48 bits per heavy atom. The van der Waals surface area contributed by atoms with Crippen molar-refractivity contribution < 1.29 is 18.3 Å². The number of sulfonamides is 1. The van der Waals surface area contributed by atoms with Crippen LogP contribution in [0.2, 0.25) is 0 Å². The molecule has 0 saturated heterocycles. The highest BCUT2D eigenvalue weighted by molar-refractivity contribution is 7.89. The van der Waals surface area contributed by atoms with Crippen molar-refractivity contribution in [3.63, 3.8) is 0 Å². The van der Waals surface area contributed by atoms with Gasteiger partial charge in [-0.15, -0.1) is 0 Å². The molecule has 9 nitrogen and oxygen atoms in total. The summed E-state index contributed by atoms with van der Waals surface area (Å²) in [7, 11) is 1.20. The lowest BCUT2D eigenvalue weighted by atomic mass is 10.1. The lowest BCUT2D eigenvalue weighted by Crippen LogP contribution is -2.42. The molecular weight excluding hydrogens is 418 g/mol. The van der Waals surface area contributed by atoms with Crippen LogP contribution in [0.25, 0.3) is 0 Å². The van der Waals surface area contributed by atoms with Crippen molar-refractivity contribution in [2.75, 3.05) is 32.6 Å². The lowest BCUT2D eigenvalue weighted by molar-refractivity contribution is -0.141. The van der Waals surface area contributed by atoms with Gasteiger partial charge < -0.3 is 15.7 Å². The molecule has 0 radical (unpaired) electrons. The predicted molar refractivity (Wildman–Crippen MR) is 121 cm³/mol. The van der Waals surface area contributed by atoms with Gasteiger partial charge in [-0.1, -0.05) is 0 Å². The van der Waals surface area contributed by atoms with Crippen LogP contribution in [0.1, 0.15) is 19.3 Å². The van der Waals surface area contributed by atoms with Gasteiger partial charge in [-0.25, -0.2) is 8.42 Å². The number of nitrogens with zero attached hydrogens (tertiary/aromatic N) is 4. The summed E-state index contributed by atoms with van der Waals surface area (Å²) in [4.78, 5) is 13.5. The van der Waals surface area contributed by atoms with Crippen LogP contribution in [-0.4, -0.2) is 57.5 Å².